The third kappa shape index (κ3) is 4.08. The molecule has 0 fully saturated rings. The van der Waals surface area contributed by atoms with Crippen molar-refractivity contribution in [1.82, 2.24) is 39.2 Å². The van der Waals surface area contributed by atoms with Gasteiger partial charge in [-0.3, -0.25) is 24.0 Å². The van der Waals surface area contributed by atoms with Crippen LogP contribution in [-0.4, -0.2) is 52.5 Å². The Morgan fingerprint density at radius 2 is 1.86 bits per heavy atom. The fourth-order valence-electron chi connectivity index (χ4n) is 4.07. The minimum absolute atomic E-state index is 0.198. The van der Waals surface area contributed by atoms with Gasteiger partial charge in [-0.25, -0.2) is 14.3 Å². The van der Waals surface area contributed by atoms with Gasteiger partial charge in [0.25, 0.3) is 0 Å². The number of carbonyl (C=O) groups excluding carboxylic acids is 1. The molecule has 10 nitrogen and oxygen atoms in total. The number of carbonyl (C=O) groups is 1. The summed E-state index contributed by atoms with van der Waals surface area (Å²) in [4.78, 5) is 38.7. The van der Waals surface area contributed by atoms with E-state index in [-0.39, 0.29) is 5.82 Å². The molecule has 0 unspecified atom stereocenters. The van der Waals surface area contributed by atoms with Gasteiger partial charge in [-0.05, 0) is 18.6 Å². The monoisotopic (exact) mass is 496 g/mol. The zero-order valence-electron chi connectivity index (χ0n) is 19.1. The fourth-order valence-corrected chi connectivity index (χ4v) is 4.07. The maximum absolute atomic E-state index is 13.3. The highest BCUT2D eigenvalue weighted by molar-refractivity contribution is 5.92. The molecular formula is C23H19F3N8O2. The van der Waals surface area contributed by atoms with Crippen molar-refractivity contribution in [2.75, 3.05) is 6.54 Å². The number of hydrogen-bond acceptors (Lipinski definition) is 6. The number of imidazole rings is 1. The Morgan fingerprint density at radius 3 is 2.58 bits per heavy atom. The number of aromatic nitrogens is 7. The van der Waals surface area contributed by atoms with E-state index < -0.39 is 30.9 Å². The summed E-state index contributed by atoms with van der Waals surface area (Å²) >= 11 is 0. The zero-order chi connectivity index (χ0) is 25.6. The molecule has 0 saturated carbocycles. The van der Waals surface area contributed by atoms with E-state index in [9.17, 15) is 22.8 Å². The van der Waals surface area contributed by atoms with Crippen molar-refractivity contribution in [3.8, 4) is 17.1 Å². The number of alkyl halides is 3. The van der Waals surface area contributed by atoms with Crippen LogP contribution in [0.25, 0.3) is 39.0 Å². The van der Waals surface area contributed by atoms with E-state index in [1.165, 1.54) is 17.0 Å². The number of nitrogens with one attached hydrogen (secondary N) is 1. The molecule has 0 radical (unpaired) electrons. The smallest absolute Gasteiger partial charge is 0.345 e. The van der Waals surface area contributed by atoms with Gasteiger partial charge in [0.15, 0.2) is 5.82 Å². The lowest BCUT2D eigenvalue weighted by Crippen LogP contribution is -2.38. The quantitative estimate of drug-likeness (QED) is 0.400. The van der Waals surface area contributed by atoms with Crippen molar-refractivity contribution in [3.63, 3.8) is 0 Å². The van der Waals surface area contributed by atoms with E-state index in [1.54, 1.807) is 60.8 Å². The van der Waals surface area contributed by atoms with Gasteiger partial charge in [0.05, 0.1) is 47.0 Å². The molecule has 5 aromatic rings. The van der Waals surface area contributed by atoms with Crippen LogP contribution in [0.4, 0.5) is 13.2 Å². The molecule has 1 N–H and O–H groups in total. The number of nitrogens with zero attached hydrogens (tertiary/aromatic N) is 7. The maximum Gasteiger partial charge on any atom is 0.405 e. The average Bonchev–Trinajstić information content (AvgIpc) is 3.36. The van der Waals surface area contributed by atoms with Crippen LogP contribution in [0.5, 0.6) is 0 Å². The van der Waals surface area contributed by atoms with E-state index in [0.717, 1.165) is 15.5 Å². The minimum atomic E-state index is -4.56. The summed E-state index contributed by atoms with van der Waals surface area (Å²) < 4.78 is 41.6. The topological polar surface area (TPSA) is 113 Å². The summed E-state index contributed by atoms with van der Waals surface area (Å²) in [7, 11) is 1.80. The second-order valence-corrected chi connectivity index (χ2v) is 8.19. The first-order chi connectivity index (χ1) is 17.1. The van der Waals surface area contributed by atoms with Crippen molar-refractivity contribution in [3.05, 3.63) is 65.2 Å². The first-order valence-corrected chi connectivity index (χ1v) is 10.8. The molecule has 1 aromatic carbocycles. The summed E-state index contributed by atoms with van der Waals surface area (Å²) in [5.74, 6) is -0.739. The lowest BCUT2D eigenvalue weighted by molar-refractivity contribution is -0.138. The Bertz CT molecular complexity index is 1670. The van der Waals surface area contributed by atoms with E-state index in [0.29, 0.717) is 27.9 Å². The van der Waals surface area contributed by atoms with Gasteiger partial charge in [0.1, 0.15) is 13.1 Å². The Labute approximate surface area is 201 Å². The maximum atomic E-state index is 13.3. The SMILES string of the molecule is Cc1cccc2c1n(-c1cnc(-c3cncc4c3cnn4C)cn1)c(=O)n2CC(=O)NCC(F)(F)F. The van der Waals surface area contributed by atoms with Crippen LogP contribution in [0.1, 0.15) is 5.56 Å². The zero-order valence-corrected chi connectivity index (χ0v) is 19.1. The van der Waals surface area contributed by atoms with Gasteiger partial charge in [-0.1, -0.05) is 12.1 Å². The molecule has 0 aliphatic heterocycles. The van der Waals surface area contributed by atoms with Crippen LogP contribution in [0.15, 0.2) is 54.0 Å². The van der Waals surface area contributed by atoms with Crippen molar-refractivity contribution >= 4 is 27.8 Å². The first kappa shape index (κ1) is 23.2. The number of hydrogen-bond donors (Lipinski definition) is 1. The van der Waals surface area contributed by atoms with Crippen LogP contribution in [0, 0.1) is 6.92 Å². The number of aryl methyl sites for hydroxylation is 2. The van der Waals surface area contributed by atoms with E-state index in [2.05, 4.69) is 20.1 Å². The standard InChI is InChI=1S/C23H19F3N8O2/c1-13-4-3-5-17-21(13)34(22(36)33(17)11-20(35)30-12-23(24,25)26)19-10-28-16(8-29-19)14-6-27-9-18-15(14)7-31-32(18)2/h3-10H,11-12H2,1-2H3,(H,30,35). The molecule has 0 bridgehead atoms. The molecule has 4 heterocycles. The second-order valence-electron chi connectivity index (χ2n) is 8.19. The third-order valence-corrected chi connectivity index (χ3v) is 5.76. The van der Waals surface area contributed by atoms with Crippen LogP contribution in [0.2, 0.25) is 0 Å². The number of benzene rings is 1. The summed E-state index contributed by atoms with van der Waals surface area (Å²) in [6.45, 7) is -0.283. The molecule has 36 heavy (non-hydrogen) atoms. The van der Waals surface area contributed by atoms with Gasteiger partial charge in [-0.2, -0.15) is 18.3 Å². The van der Waals surface area contributed by atoms with Crippen molar-refractivity contribution in [2.24, 2.45) is 7.05 Å². The summed E-state index contributed by atoms with van der Waals surface area (Å²) in [6, 6.07) is 5.10. The van der Waals surface area contributed by atoms with Gasteiger partial charge in [0, 0.05) is 24.2 Å². The molecule has 4 aromatic heterocycles. The van der Waals surface area contributed by atoms with Gasteiger partial charge in [0.2, 0.25) is 5.91 Å². The third-order valence-electron chi connectivity index (χ3n) is 5.76. The molecule has 0 aliphatic carbocycles. The van der Waals surface area contributed by atoms with Gasteiger partial charge < -0.3 is 5.32 Å². The molecule has 5 rings (SSSR count). The number of pyridine rings is 1. The number of para-hydroxylation sites is 1. The normalized spacial score (nSPS) is 11.9. The molecule has 0 spiro atoms. The van der Waals surface area contributed by atoms with Crippen LogP contribution in [-0.2, 0) is 18.4 Å². The Morgan fingerprint density at radius 1 is 1.06 bits per heavy atom. The summed E-state index contributed by atoms with van der Waals surface area (Å²) in [5, 5.41) is 6.87. The first-order valence-electron chi connectivity index (χ1n) is 10.8. The molecule has 0 atom stereocenters. The average molecular weight is 496 g/mol. The van der Waals surface area contributed by atoms with Crippen LogP contribution >= 0.6 is 0 Å². The van der Waals surface area contributed by atoms with Gasteiger partial charge in [-0.15, -0.1) is 0 Å². The summed E-state index contributed by atoms with van der Waals surface area (Å²) in [5.41, 5.74) is 3.00. The predicted molar refractivity (Wildman–Crippen MR) is 124 cm³/mol. The number of fused-ring (bicyclic) bond motifs is 2. The van der Waals surface area contributed by atoms with Crippen molar-refractivity contribution < 1.29 is 18.0 Å². The molecule has 0 saturated heterocycles. The number of amides is 1. The highest BCUT2D eigenvalue weighted by Gasteiger charge is 2.28. The molecular weight excluding hydrogens is 477 g/mol. The van der Waals surface area contributed by atoms with Gasteiger partial charge >= 0.3 is 11.9 Å². The Hall–Kier alpha value is -4.55. The summed E-state index contributed by atoms with van der Waals surface area (Å²) in [6.07, 6.45) is 3.41. The lowest BCUT2D eigenvalue weighted by Gasteiger charge is -2.08. The molecule has 184 valence electrons. The molecule has 1 amide bonds. The molecule has 0 aliphatic rings. The highest BCUT2D eigenvalue weighted by atomic mass is 19.4. The van der Waals surface area contributed by atoms with Crippen LogP contribution in [0.3, 0.4) is 0 Å². The van der Waals surface area contributed by atoms with Crippen molar-refractivity contribution in [2.45, 2.75) is 19.6 Å². The lowest BCUT2D eigenvalue weighted by atomic mass is 10.1. The number of rotatable bonds is 5. The highest BCUT2D eigenvalue weighted by Crippen LogP contribution is 2.26. The van der Waals surface area contributed by atoms with E-state index in [1.807, 2.05) is 0 Å². The minimum Gasteiger partial charge on any atom is -0.345 e. The largest absolute Gasteiger partial charge is 0.405 e. The fraction of sp³-hybridized carbons (Fsp3) is 0.217. The van der Waals surface area contributed by atoms with E-state index in [4.69, 9.17) is 0 Å². The van der Waals surface area contributed by atoms with Crippen molar-refractivity contribution in [1.29, 1.82) is 0 Å². The Kier molecular flexibility index (Phi) is 5.54. The van der Waals surface area contributed by atoms with E-state index >= 15 is 0 Å². The number of halogens is 3. The molecule has 13 heteroatoms. The predicted octanol–water partition coefficient (Wildman–Crippen LogP) is 2.52. The Balaban J connectivity index is 1.56. The van der Waals surface area contributed by atoms with Crippen LogP contribution < -0.4 is 11.0 Å². The second kappa shape index (κ2) is 8.59.